The van der Waals surface area contributed by atoms with Crippen LogP contribution in [0.1, 0.15) is 40.0 Å². The van der Waals surface area contributed by atoms with Crippen LogP contribution in [0.3, 0.4) is 0 Å². The van der Waals surface area contributed by atoms with Crippen molar-refractivity contribution < 1.29 is 33.4 Å². The molecule has 0 aromatic heterocycles. The zero-order valence-electron chi connectivity index (χ0n) is 17.3. The first-order chi connectivity index (χ1) is 14.9. The number of fused-ring (bicyclic) bond motifs is 1. The van der Waals surface area contributed by atoms with E-state index in [0.717, 1.165) is 4.90 Å². The summed E-state index contributed by atoms with van der Waals surface area (Å²) in [6, 6.07) is 3.31. The Kier molecular flexibility index (Phi) is 9.27. The molecule has 1 atom stereocenters. The maximum Gasteiger partial charge on any atom is 0.262 e. The summed E-state index contributed by atoms with van der Waals surface area (Å²) in [5.74, 6) is -2.66. The maximum absolute atomic E-state index is 12.8. The SMILES string of the molecule is Cl.NCCOCCOCCC(=O)Nc1ccc2c(c1)C(=O)N(C1CCC(=O)NC1=O)C2=O. The number of carbonyl (C=O) groups is 5. The number of rotatable bonds is 10. The van der Waals surface area contributed by atoms with E-state index in [4.69, 9.17) is 15.2 Å². The highest BCUT2D eigenvalue weighted by Gasteiger charge is 2.44. The zero-order chi connectivity index (χ0) is 22.4. The van der Waals surface area contributed by atoms with Crippen LogP contribution in [-0.2, 0) is 23.9 Å². The van der Waals surface area contributed by atoms with E-state index in [9.17, 15) is 24.0 Å². The number of nitrogens with two attached hydrogens (primary N) is 1. The maximum atomic E-state index is 12.8. The standard InChI is InChI=1S/C20H24N4O7.ClH/c21-6-8-31-10-9-30-7-5-17(26)22-12-1-2-13-14(11-12)20(29)24(19(13)28)15-3-4-16(25)23-18(15)27;/h1-2,11,15H,3-10,21H2,(H,22,26)(H,23,25,27);1H. The lowest BCUT2D eigenvalue weighted by Gasteiger charge is -2.27. The molecule has 0 aliphatic carbocycles. The van der Waals surface area contributed by atoms with Crippen LogP contribution in [0.5, 0.6) is 0 Å². The first-order valence-electron chi connectivity index (χ1n) is 9.93. The van der Waals surface area contributed by atoms with Gasteiger partial charge in [-0.1, -0.05) is 0 Å². The van der Waals surface area contributed by atoms with Crippen molar-refractivity contribution in [3.63, 3.8) is 0 Å². The highest BCUT2D eigenvalue weighted by molar-refractivity contribution is 6.23. The fourth-order valence-electron chi connectivity index (χ4n) is 3.34. The average molecular weight is 469 g/mol. The van der Waals surface area contributed by atoms with E-state index in [0.29, 0.717) is 32.1 Å². The zero-order valence-corrected chi connectivity index (χ0v) is 18.1. The van der Waals surface area contributed by atoms with Crippen molar-refractivity contribution in [1.82, 2.24) is 10.2 Å². The molecule has 1 fully saturated rings. The minimum absolute atomic E-state index is 0. The Morgan fingerprint density at radius 3 is 2.44 bits per heavy atom. The molecule has 2 aliphatic rings. The lowest BCUT2D eigenvalue weighted by Crippen LogP contribution is -2.54. The summed E-state index contributed by atoms with van der Waals surface area (Å²) in [5.41, 5.74) is 5.89. The highest BCUT2D eigenvalue weighted by atomic mass is 35.5. The topological polar surface area (TPSA) is 157 Å². The fourth-order valence-corrected chi connectivity index (χ4v) is 3.34. The fraction of sp³-hybridized carbons (Fsp3) is 0.450. The Morgan fingerprint density at radius 2 is 1.75 bits per heavy atom. The minimum atomic E-state index is -1.03. The molecule has 174 valence electrons. The Balaban J connectivity index is 0.00000363. The van der Waals surface area contributed by atoms with Gasteiger partial charge in [0, 0.05) is 18.7 Å². The third-order valence-electron chi connectivity index (χ3n) is 4.83. The van der Waals surface area contributed by atoms with Crippen LogP contribution in [0.4, 0.5) is 5.69 Å². The number of benzene rings is 1. The second-order valence-electron chi connectivity index (χ2n) is 7.02. The number of anilines is 1. The van der Waals surface area contributed by atoms with Crippen LogP contribution in [-0.4, -0.2) is 73.4 Å². The average Bonchev–Trinajstić information content (AvgIpc) is 2.97. The molecule has 1 aromatic carbocycles. The van der Waals surface area contributed by atoms with E-state index >= 15 is 0 Å². The summed E-state index contributed by atoms with van der Waals surface area (Å²) in [4.78, 5) is 61.8. The number of hydrogen-bond donors (Lipinski definition) is 3. The highest BCUT2D eigenvalue weighted by Crippen LogP contribution is 2.29. The van der Waals surface area contributed by atoms with E-state index in [-0.39, 0.29) is 55.3 Å². The lowest BCUT2D eigenvalue weighted by atomic mass is 10.0. The van der Waals surface area contributed by atoms with Crippen LogP contribution >= 0.6 is 12.4 Å². The molecular formula is C20H25ClN4O7. The molecule has 0 spiro atoms. The number of ether oxygens (including phenoxy) is 2. The second kappa shape index (κ2) is 11.7. The van der Waals surface area contributed by atoms with E-state index in [2.05, 4.69) is 10.6 Å². The number of nitrogens with zero attached hydrogens (tertiary/aromatic N) is 1. The Labute approximate surface area is 190 Å². The van der Waals surface area contributed by atoms with Crippen molar-refractivity contribution in [2.45, 2.75) is 25.3 Å². The van der Waals surface area contributed by atoms with Crippen LogP contribution in [0.15, 0.2) is 18.2 Å². The van der Waals surface area contributed by atoms with Crippen molar-refractivity contribution in [3.8, 4) is 0 Å². The van der Waals surface area contributed by atoms with Crippen molar-refractivity contribution in [2.75, 3.05) is 38.3 Å². The molecule has 2 aliphatic heterocycles. The van der Waals surface area contributed by atoms with E-state index in [1.54, 1.807) is 0 Å². The minimum Gasteiger partial charge on any atom is -0.379 e. The molecule has 0 radical (unpaired) electrons. The lowest BCUT2D eigenvalue weighted by molar-refractivity contribution is -0.136. The largest absolute Gasteiger partial charge is 0.379 e. The van der Waals surface area contributed by atoms with Gasteiger partial charge in [0.2, 0.25) is 17.7 Å². The molecule has 1 saturated heterocycles. The molecule has 12 heteroatoms. The monoisotopic (exact) mass is 468 g/mol. The van der Waals surface area contributed by atoms with Crippen LogP contribution in [0.25, 0.3) is 0 Å². The van der Waals surface area contributed by atoms with Gasteiger partial charge in [0.15, 0.2) is 0 Å². The van der Waals surface area contributed by atoms with E-state index < -0.39 is 29.7 Å². The molecule has 5 amide bonds. The molecule has 2 heterocycles. The molecule has 11 nitrogen and oxygen atoms in total. The van der Waals surface area contributed by atoms with Gasteiger partial charge in [-0.05, 0) is 24.6 Å². The summed E-state index contributed by atoms with van der Waals surface area (Å²) in [7, 11) is 0. The number of nitrogens with one attached hydrogen (secondary N) is 2. The van der Waals surface area contributed by atoms with Crippen molar-refractivity contribution in [1.29, 1.82) is 0 Å². The van der Waals surface area contributed by atoms with Crippen molar-refractivity contribution >= 4 is 47.6 Å². The summed E-state index contributed by atoms with van der Waals surface area (Å²) in [5, 5.41) is 4.80. The van der Waals surface area contributed by atoms with Gasteiger partial charge in [0.1, 0.15) is 6.04 Å². The normalized spacial score (nSPS) is 17.7. The van der Waals surface area contributed by atoms with Gasteiger partial charge < -0.3 is 20.5 Å². The van der Waals surface area contributed by atoms with Gasteiger partial charge in [-0.15, -0.1) is 12.4 Å². The number of imide groups is 2. The van der Waals surface area contributed by atoms with Crippen molar-refractivity contribution in [2.24, 2.45) is 5.73 Å². The van der Waals surface area contributed by atoms with Crippen LogP contribution in [0, 0.1) is 0 Å². The third-order valence-corrected chi connectivity index (χ3v) is 4.83. The molecular weight excluding hydrogens is 444 g/mol. The molecule has 1 aromatic rings. The van der Waals surface area contributed by atoms with Crippen LogP contribution < -0.4 is 16.4 Å². The molecule has 0 saturated carbocycles. The molecule has 1 unspecified atom stereocenters. The summed E-state index contributed by atoms with van der Waals surface area (Å²) in [6.45, 7) is 1.82. The number of carbonyl (C=O) groups excluding carboxylic acids is 5. The van der Waals surface area contributed by atoms with Gasteiger partial charge in [0.05, 0.1) is 44.0 Å². The first-order valence-corrected chi connectivity index (χ1v) is 9.93. The van der Waals surface area contributed by atoms with Crippen LogP contribution in [0.2, 0.25) is 0 Å². The molecule has 3 rings (SSSR count). The Hall–Kier alpha value is -2.86. The third kappa shape index (κ3) is 5.88. The van der Waals surface area contributed by atoms with Gasteiger partial charge in [-0.25, -0.2) is 0 Å². The quantitative estimate of drug-likeness (QED) is 0.315. The van der Waals surface area contributed by atoms with Gasteiger partial charge >= 0.3 is 0 Å². The Morgan fingerprint density at radius 1 is 1.06 bits per heavy atom. The molecule has 4 N–H and O–H groups in total. The predicted octanol–water partition coefficient (Wildman–Crippen LogP) is -0.170. The number of amides is 5. The number of halogens is 1. The van der Waals surface area contributed by atoms with Crippen molar-refractivity contribution in [3.05, 3.63) is 29.3 Å². The van der Waals surface area contributed by atoms with Gasteiger partial charge in [0.25, 0.3) is 11.8 Å². The predicted molar refractivity (Wildman–Crippen MR) is 114 cm³/mol. The van der Waals surface area contributed by atoms with E-state index in [1.165, 1.54) is 18.2 Å². The summed E-state index contributed by atoms with van der Waals surface area (Å²) in [6.07, 6.45) is 0.229. The Bertz CT molecular complexity index is 908. The smallest absolute Gasteiger partial charge is 0.262 e. The number of piperidine rings is 1. The molecule has 32 heavy (non-hydrogen) atoms. The second-order valence-corrected chi connectivity index (χ2v) is 7.02. The van der Waals surface area contributed by atoms with Gasteiger partial charge in [-0.3, -0.25) is 34.2 Å². The summed E-state index contributed by atoms with van der Waals surface area (Å²) < 4.78 is 10.5. The number of hydrogen-bond acceptors (Lipinski definition) is 8. The molecule has 0 bridgehead atoms. The summed E-state index contributed by atoms with van der Waals surface area (Å²) >= 11 is 0. The van der Waals surface area contributed by atoms with Gasteiger partial charge in [-0.2, -0.15) is 0 Å². The first kappa shape index (κ1) is 25.4. The van der Waals surface area contributed by atoms with E-state index in [1.807, 2.05) is 0 Å².